The van der Waals surface area contributed by atoms with Crippen LogP contribution in [0.1, 0.15) is 18.7 Å². The van der Waals surface area contributed by atoms with Gasteiger partial charge in [0.1, 0.15) is 0 Å². The molecule has 0 amide bonds. The van der Waals surface area contributed by atoms with Crippen molar-refractivity contribution in [3.05, 3.63) is 41.4 Å². The summed E-state index contributed by atoms with van der Waals surface area (Å²) in [5.74, 6) is -1.09. The molecule has 124 valence electrons. The quantitative estimate of drug-likeness (QED) is 0.619. The first-order valence-corrected chi connectivity index (χ1v) is 9.90. The van der Waals surface area contributed by atoms with Crippen molar-refractivity contribution < 1.29 is 13.2 Å². The Kier molecular flexibility index (Phi) is 3.81. The van der Waals surface area contributed by atoms with Crippen LogP contribution < -0.4 is 4.48 Å². The summed E-state index contributed by atoms with van der Waals surface area (Å²) in [5.41, 5.74) is 1.33. The number of hydrogen-bond acceptors (Lipinski definition) is 3. The molecule has 1 saturated carbocycles. The first kappa shape index (κ1) is 15.9. The number of hydrogen-bond donors (Lipinski definition) is 0. The molecule has 0 radical (unpaired) electrons. The summed E-state index contributed by atoms with van der Waals surface area (Å²) < 4.78 is 42.1. The Hall–Kier alpha value is -1.59. The molecule has 0 saturated heterocycles. The fourth-order valence-corrected chi connectivity index (χ4v) is 5.25. The fraction of sp³-hybridized carbons (Fsp3) is 0.267. The van der Waals surface area contributed by atoms with Crippen molar-refractivity contribution in [3.63, 3.8) is 0 Å². The van der Waals surface area contributed by atoms with E-state index in [9.17, 15) is 13.2 Å². The maximum absolute atomic E-state index is 13.2. The molecule has 1 atom stereocenters. The molecule has 9 heteroatoms. The summed E-state index contributed by atoms with van der Waals surface area (Å²) in [6.07, 6.45) is -0.936. The molecule has 0 aliphatic heterocycles. The third kappa shape index (κ3) is 3.03. The van der Waals surface area contributed by atoms with E-state index in [1.165, 1.54) is 6.33 Å². The van der Waals surface area contributed by atoms with Gasteiger partial charge < -0.3 is 0 Å². The van der Waals surface area contributed by atoms with Crippen molar-refractivity contribution in [2.75, 3.05) is 0 Å². The second-order valence-corrected chi connectivity index (χ2v) is 9.32. The van der Waals surface area contributed by atoms with Gasteiger partial charge in [0.25, 0.3) is 0 Å². The van der Waals surface area contributed by atoms with Crippen molar-refractivity contribution in [2.45, 2.75) is 23.7 Å². The van der Waals surface area contributed by atoms with Crippen LogP contribution in [0, 0.1) is 0 Å². The van der Waals surface area contributed by atoms with Crippen LogP contribution in [-0.4, -0.2) is 35.3 Å². The van der Waals surface area contributed by atoms with E-state index in [0.29, 0.717) is 25.4 Å². The number of nitrogens with zero attached hydrogens (tertiary/aromatic N) is 4. The number of aromatic nitrogens is 4. The van der Waals surface area contributed by atoms with Gasteiger partial charge in [-0.25, -0.2) is 0 Å². The Bertz CT molecular complexity index is 903. The Morgan fingerprint density at radius 3 is 2.46 bits per heavy atom. The fourth-order valence-electron chi connectivity index (χ4n) is 2.34. The van der Waals surface area contributed by atoms with E-state index < -0.39 is 27.8 Å². The molecule has 1 aliphatic carbocycles. The average Bonchev–Trinajstić information content (AvgIpc) is 3.23. The van der Waals surface area contributed by atoms with Crippen molar-refractivity contribution in [1.82, 2.24) is 19.5 Å². The van der Waals surface area contributed by atoms with Crippen molar-refractivity contribution in [2.24, 2.45) is 0 Å². The predicted octanol–water partition coefficient (Wildman–Crippen LogP) is 3.13. The van der Waals surface area contributed by atoms with Crippen LogP contribution in [0.15, 0.2) is 30.6 Å². The molecule has 0 bridgehead atoms. The molecular formula is C15H11AsClF3N4. The first-order chi connectivity index (χ1) is 11.4. The van der Waals surface area contributed by atoms with Crippen LogP contribution >= 0.6 is 11.6 Å². The molecule has 4 nitrogen and oxygen atoms in total. The standard InChI is InChI=1S/C15H11AsClF3N4/c17-9-3-5-10(6-4-9)24-7-21-11-12(16-8-1-2-8)22-14(15(18,19)20)23-13(11)24/h3-8,16H,1-2H2. The van der Waals surface area contributed by atoms with Crippen LogP contribution in [0.5, 0.6) is 0 Å². The van der Waals surface area contributed by atoms with Gasteiger partial charge in [0, 0.05) is 0 Å². The molecule has 1 fully saturated rings. The van der Waals surface area contributed by atoms with Crippen molar-refractivity contribution >= 4 is 43.0 Å². The van der Waals surface area contributed by atoms with E-state index in [1.807, 2.05) is 0 Å². The van der Waals surface area contributed by atoms with E-state index in [-0.39, 0.29) is 5.65 Å². The summed E-state index contributed by atoms with van der Waals surface area (Å²) in [6, 6.07) is 6.78. The third-order valence-corrected chi connectivity index (χ3v) is 7.30. The zero-order valence-corrected chi connectivity index (χ0v) is 15.0. The van der Waals surface area contributed by atoms with Crippen molar-refractivity contribution in [1.29, 1.82) is 0 Å². The molecule has 2 aromatic heterocycles. The van der Waals surface area contributed by atoms with Crippen molar-refractivity contribution in [3.8, 4) is 5.69 Å². The van der Waals surface area contributed by atoms with Crippen LogP contribution in [0.3, 0.4) is 0 Å². The van der Waals surface area contributed by atoms with Crippen LogP contribution in [0.4, 0.5) is 13.2 Å². The van der Waals surface area contributed by atoms with E-state index >= 15 is 0 Å². The van der Waals surface area contributed by atoms with E-state index in [2.05, 4.69) is 15.0 Å². The predicted molar refractivity (Wildman–Crippen MR) is 86.4 cm³/mol. The number of benzene rings is 1. The third-order valence-electron chi connectivity index (χ3n) is 3.67. The zero-order valence-electron chi connectivity index (χ0n) is 12.2. The van der Waals surface area contributed by atoms with Gasteiger partial charge in [-0.05, 0) is 0 Å². The van der Waals surface area contributed by atoms with Gasteiger partial charge in [0.05, 0.1) is 0 Å². The van der Waals surface area contributed by atoms with Gasteiger partial charge in [-0.2, -0.15) is 0 Å². The number of alkyl halides is 3. The summed E-state index contributed by atoms with van der Waals surface area (Å²) in [5, 5.41) is 0.551. The topological polar surface area (TPSA) is 43.6 Å². The van der Waals surface area contributed by atoms with Crippen LogP contribution in [-0.2, 0) is 6.18 Å². The number of halogens is 4. The first-order valence-electron chi connectivity index (χ1n) is 7.26. The molecule has 1 unspecified atom stereocenters. The summed E-state index contributed by atoms with van der Waals surface area (Å²) >= 11 is 5.12. The summed E-state index contributed by atoms with van der Waals surface area (Å²) in [6.45, 7) is 0. The monoisotopic (exact) mass is 414 g/mol. The molecule has 2 heterocycles. The number of imidazole rings is 1. The van der Waals surface area contributed by atoms with Gasteiger partial charge in [-0.15, -0.1) is 0 Å². The normalized spacial score (nSPS) is 15.7. The van der Waals surface area contributed by atoms with Gasteiger partial charge in [-0.3, -0.25) is 0 Å². The zero-order chi connectivity index (χ0) is 16.9. The average molecular weight is 415 g/mol. The molecule has 4 rings (SSSR count). The van der Waals surface area contributed by atoms with Gasteiger partial charge >= 0.3 is 147 Å². The van der Waals surface area contributed by atoms with E-state index in [4.69, 9.17) is 11.6 Å². The minimum atomic E-state index is -4.58. The molecule has 24 heavy (non-hydrogen) atoms. The molecular weight excluding hydrogens is 404 g/mol. The van der Waals surface area contributed by atoms with Crippen LogP contribution in [0.2, 0.25) is 9.73 Å². The van der Waals surface area contributed by atoms with Gasteiger partial charge in [0.2, 0.25) is 0 Å². The van der Waals surface area contributed by atoms with E-state index in [1.54, 1.807) is 28.8 Å². The maximum atomic E-state index is 13.2. The second-order valence-electron chi connectivity index (χ2n) is 5.58. The molecule has 0 spiro atoms. The van der Waals surface area contributed by atoms with Gasteiger partial charge in [-0.1, -0.05) is 0 Å². The molecule has 3 aromatic rings. The Morgan fingerprint density at radius 1 is 1.12 bits per heavy atom. The minimum absolute atomic E-state index is 0.194. The van der Waals surface area contributed by atoms with Gasteiger partial charge in [0.15, 0.2) is 0 Å². The summed E-state index contributed by atoms with van der Waals surface area (Å²) in [4.78, 5) is 11.8. The Morgan fingerprint density at radius 2 is 1.83 bits per heavy atom. The van der Waals surface area contributed by atoms with Crippen LogP contribution in [0.25, 0.3) is 16.9 Å². The summed E-state index contributed by atoms with van der Waals surface area (Å²) in [7, 11) is 0. The molecule has 0 N–H and O–H groups in total. The Labute approximate surface area is 146 Å². The number of rotatable bonds is 3. The second kappa shape index (κ2) is 5.74. The molecule has 1 aromatic carbocycles. The Balaban J connectivity index is 1.91. The number of fused-ring (bicyclic) bond motifs is 1. The molecule has 1 aliphatic rings. The van der Waals surface area contributed by atoms with E-state index in [0.717, 1.165) is 12.8 Å². The SMILES string of the molecule is FC(F)(F)c1nc([AsH]C2CC2)c2ncn(-c3ccc(Cl)cc3)c2n1.